The SMILES string of the molecule is Cc1ncc(C(=O)Nc2ccc(C(C)(C)C)cc2)o1. The normalized spacial score (nSPS) is 11.4. The summed E-state index contributed by atoms with van der Waals surface area (Å²) < 4.78 is 5.17. The van der Waals surface area contributed by atoms with Crippen molar-refractivity contribution < 1.29 is 9.21 Å². The highest BCUT2D eigenvalue weighted by Gasteiger charge is 2.14. The number of aryl methyl sites for hydroxylation is 1. The van der Waals surface area contributed by atoms with Gasteiger partial charge in [-0.2, -0.15) is 0 Å². The van der Waals surface area contributed by atoms with Crippen LogP contribution in [0.3, 0.4) is 0 Å². The van der Waals surface area contributed by atoms with Gasteiger partial charge in [0.15, 0.2) is 5.89 Å². The van der Waals surface area contributed by atoms with Crippen LogP contribution in [0, 0.1) is 6.92 Å². The molecule has 0 radical (unpaired) electrons. The predicted molar refractivity (Wildman–Crippen MR) is 74.3 cm³/mol. The Morgan fingerprint density at radius 1 is 1.21 bits per heavy atom. The summed E-state index contributed by atoms with van der Waals surface area (Å²) in [6.45, 7) is 8.16. The van der Waals surface area contributed by atoms with Gasteiger partial charge in [-0.1, -0.05) is 32.9 Å². The quantitative estimate of drug-likeness (QED) is 0.896. The molecule has 0 spiro atoms. The van der Waals surface area contributed by atoms with E-state index in [9.17, 15) is 4.79 Å². The van der Waals surface area contributed by atoms with Crippen LogP contribution in [-0.2, 0) is 5.41 Å². The van der Waals surface area contributed by atoms with Crippen LogP contribution in [0.5, 0.6) is 0 Å². The lowest BCUT2D eigenvalue weighted by molar-refractivity contribution is 0.0995. The van der Waals surface area contributed by atoms with Gasteiger partial charge >= 0.3 is 0 Å². The van der Waals surface area contributed by atoms with Crippen molar-refractivity contribution in [3.05, 3.63) is 47.7 Å². The van der Waals surface area contributed by atoms with Gasteiger partial charge in [-0.05, 0) is 23.1 Å². The summed E-state index contributed by atoms with van der Waals surface area (Å²) in [6.07, 6.45) is 1.42. The van der Waals surface area contributed by atoms with Gasteiger partial charge in [0, 0.05) is 12.6 Å². The van der Waals surface area contributed by atoms with Gasteiger partial charge in [0.2, 0.25) is 5.76 Å². The molecule has 1 aromatic heterocycles. The van der Waals surface area contributed by atoms with Gasteiger partial charge < -0.3 is 9.73 Å². The zero-order valence-electron chi connectivity index (χ0n) is 11.7. The number of amides is 1. The minimum absolute atomic E-state index is 0.102. The highest BCUT2D eigenvalue weighted by Crippen LogP contribution is 2.23. The van der Waals surface area contributed by atoms with Gasteiger partial charge in [0.05, 0.1) is 6.20 Å². The minimum atomic E-state index is -0.288. The lowest BCUT2D eigenvalue weighted by atomic mass is 9.87. The first-order valence-corrected chi connectivity index (χ1v) is 6.20. The van der Waals surface area contributed by atoms with Crippen molar-refractivity contribution in [1.29, 1.82) is 0 Å². The van der Waals surface area contributed by atoms with Crippen LogP contribution in [0.15, 0.2) is 34.9 Å². The molecule has 1 amide bonds. The summed E-state index contributed by atoms with van der Waals surface area (Å²) in [6, 6.07) is 7.81. The minimum Gasteiger partial charge on any atom is -0.436 e. The number of rotatable bonds is 2. The van der Waals surface area contributed by atoms with E-state index < -0.39 is 0 Å². The number of benzene rings is 1. The van der Waals surface area contributed by atoms with Crippen LogP contribution < -0.4 is 5.32 Å². The number of hydrogen-bond donors (Lipinski definition) is 1. The largest absolute Gasteiger partial charge is 0.436 e. The van der Waals surface area contributed by atoms with Crippen molar-refractivity contribution in [2.75, 3.05) is 5.32 Å². The molecule has 2 aromatic rings. The second-order valence-electron chi connectivity index (χ2n) is 5.53. The van der Waals surface area contributed by atoms with Gasteiger partial charge in [-0.25, -0.2) is 4.98 Å². The first-order chi connectivity index (χ1) is 8.86. The molecule has 1 aromatic carbocycles. The van der Waals surface area contributed by atoms with Crippen molar-refractivity contribution in [2.24, 2.45) is 0 Å². The predicted octanol–water partition coefficient (Wildman–Crippen LogP) is 3.53. The Morgan fingerprint density at radius 2 is 1.84 bits per heavy atom. The molecule has 0 saturated carbocycles. The number of oxazole rings is 1. The van der Waals surface area contributed by atoms with E-state index in [-0.39, 0.29) is 17.1 Å². The second kappa shape index (κ2) is 4.88. The van der Waals surface area contributed by atoms with E-state index in [2.05, 4.69) is 31.1 Å². The molecule has 19 heavy (non-hydrogen) atoms. The number of carbonyl (C=O) groups is 1. The van der Waals surface area contributed by atoms with Gasteiger partial charge in [-0.3, -0.25) is 4.79 Å². The summed E-state index contributed by atoms with van der Waals surface area (Å²) in [5.74, 6) is 0.412. The third kappa shape index (κ3) is 3.22. The molecule has 0 bridgehead atoms. The van der Waals surface area contributed by atoms with Crippen molar-refractivity contribution in [3.63, 3.8) is 0 Å². The highest BCUT2D eigenvalue weighted by molar-refractivity contribution is 6.02. The van der Waals surface area contributed by atoms with E-state index in [1.807, 2.05) is 24.3 Å². The summed E-state index contributed by atoms with van der Waals surface area (Å²) in [5.41, 5.74) is 2.07. The maximum absolute atomic E-state index is 11.9. The fourth-order valence-corrected chi connectivity index (χ4v) is 1.71. The fourth-order valence-electron chi connectivity index (χ4n) is 1.71. The molecule has 0 atom stereocenters. The molecular weight excluding hydrogens is 240 g/mol. The molecule has 2 rings (SSSR count). The number of nitrogens with zero attached hydrogens (tertiary/aromatic N) is 1. The Balaban J connectivity index is 2.10. The maximum atomic E-state index is 11.9. The van der Waals surface area contributed by atoms with Crippen LogP contribution >= 0.6 is 0 Å². The molecule has 100 valence electrons. The molecule has 0 unspecified atom stereocenters. The second-order valence-corrected chi connectivity index (χ2v) is 5.53. The average Bonchev–Trinajstić information content (AvgIpc) is 2.75. The Morgan fingerprint density at radius 3 is 2.32 bits per heavy atom. The van der Waals surface area contributed by atoms with E-state index in [1.165, 1.54) is 11.8 Å². The van der Waals surface area contributed by atoms with E-state index >= 15 is 0 Å². The van der Waals surface area contributed by atoms with Gasteiger partial charge in [0.25, 0.3) is 5.91 Å². The number of carbonyl (C=O) groups excluding carboxylic acids is 1. The van der Waals surface area contributed by atoms with Crippen molar-refractivity contribution in [1.82, 2.24) is 4.98 Å². The third-order valence-corrected chi connectivity index (χ3v) is 2.85. The third-order valence-electron chi connectivity index (χ3n) is 2.85. The smallest absolute Gasteiger partial charge is 0.293 e. The standard InChI is InChI=1S/C15H18N2O2/c1-10-16-9-13(19-10)14(18)17-12-7-5-11(6-8-12)15(2,3)4/h5-9H,1-4H3,(H,17,18). The van der Waals surface area contributed by atoms with Crippen molar-refractivity contribution in [2.45, 2.75) is 33.1 Å². The zero-order chi connectivity index (χ0) is 14.0. The van der Waals surface area contributed by atoms with Crippen LogP contribution in [0.25, 0.3) is 0 Å². The molecule has 4 nitrogen and oxygen atoms in total. The molecule has 0 aliphatic rings. The Kier molecular flexibility index (Phi) is 3.42. The van der Waals surface area contributed by atoms with Gasteiger partial charge in [-0.15, -0.1) is 0 Å². The first kappa shape index (κ1) is 13.3. The molecule has 0 saturated heterocycles. The Hall–Kier alpha value is -2.10. The summed E-state index contributed by atoms with van der Waals surface area (Å²) in [4.78, 5) is 15.8. The Labute approximate surface area is 112 Å². The lowest BCUT2D eigenvalue weighted by Gasteiger charge is -2.19. The van der Waals surface area contributed by atoms with Crippen molar-refractivity contribution in [3.8, 4) is 0 Å². The molecule has 0 fully saturated rings. The molecule has 0 aliphatic carbocycles. The van der Waals surface area contributed by atoms with Crippen molar-refractivity contribution >= 4 is 11.6 Å². The monoisotopic (exact) mass is 258 g/mol. The number of nitrogens with one attached hydrogen (secondary N) is 1. The number of aromatic nitrogens is 1. The van der Waals surface area contributed by atoms with Gasteiger partial charge in [0.1, 0.15) is 0 Å². The zero-order valence-corrected chi connectivity index (χ0v) is 11.7. The van der Waals surface area contributed by atoms with Crippen LogP contribution in [0.2, 0.25) is 0 Å². The topological polar surface area (TPSA) is 55.1 Å². The fraction of sp³-hybridized carbons (Fsp3) is 0.333. The summed E-state index contributed by atoms with van der Waals surface area (Å²) >= 11 is 0. The summed E-state index contributed by atoms with van der Waals surface area (Å²) in [5, 5.41) is 2.78. The number of anilines is 1. The first-order valence-electron chi connectivity index (χ1n) is 6.20. The number of hydrogen-bond acceptors (Lipinski definition) is 3. The van der Waals surface area contributed by atoms with Crippen LogP contribution in [0.1, 0.15) is 42.8 Å². The molecule has 4 heteroatoms. The molecule has 0 aliphatic heterocycles. The molecule has 1 heterocycles. The maximum Gasteiger partial charge on any atom is 0.293 e. The lowest BCUT2D eigenvalue weighted by Crippen LogP contribution is -2.13. The van der Waals surface area contributed by atoms with Crippen LogP contribution in [0.4, 0.5) is 5.69 Å². The van der Waals surface area contributed by atoms with E-state index in [0.29, 0.717) is 5.89 Å². The molecular formula is C15H18N2O2. The highest BCUT2D eigenvalue weighted by atomic mass is 16.4. The summed E-state index contributed by atoms with van der Waals surface area (Å²) in [7, 11) is 0. The average molecular weight is 258 g/mol. The molecule has 1 N–H and O–H groups in total. The Bertz CT molecular complexity index is 577. The van der Waals surface area contributed by atoms with E-state index in [0.717, 1.165) is 5.69 Å². The van der Waals surface area contributed by atoms with E-state index in [1.54, 1.807) is 6.92 Å². The van der Waals surface area contributed by atoms with Crippen LogP contribution in [-0.4, -0.2) is 10.9 Å². The van der Waals surface area contributed by atoms with E-state index in [4.69, 9.17) is 4.42 Å².